The van der Waals surface area contributed by atoms with Crippen LogP contribution in [0.2, 0.25) is 0 Å². The van der Waals surface area contributed by atoms with Gasteiger partial charge in [-0.15, -0.1) is 0 Å². The van der Waals surface area contributed by atoms with Crippen molar-refractivity contribution < 1.29 is 8.83 Å². The Labute approximate surface area is 382 Å². The molecule has 312 valence electrons. The van der Waals surface area contributed by atoms with Crippen molar-refractivity contribution in [1.29, 1.82) is 0 Å². The van der Waals surface area contributed by atoms with Gasteiger partial charge in [0.2, 0.25) is 5.89 Å². The third-order valence-electron chi connectivity index (χ3n) is 13.7. The number of nitrogens with zero attached hydrogens (tertiary/aromatic N) is 2. The molecule has 2 aromatic heterocycles. The zero-order valence-electron chi connectivity index (χ0n) is 36.5. The quantitative estimate of drug-likeness (QED) is 0.160. The summed E-state index contributed by atoms with van der Waals surface area (Å²) < 4.78 is 13.3. The number of oxazole rings is 1. The average Bonchev–Trinajstić information content (AvgIpc) is 4.04. The van der Waals surface area contributed by atoms with E-state index in [9.17, 15) is 0 Å². The average molecular weight is 847 g/mol. The fourth-order valence-electron chi connectivity index (χ4n) is 10.3. The number of rotatable bonds is 7. The molecule has 0 N–H and O–H groups in total. The minimum absolute atomic E-state index is 0.175. The fraction of sp³-hybridized carbons (Fsp3) is 0.0484. The molecule has 2 heterocycles. The normalized spacial score (nSPS) is 12.8. The zero-order chi connectivity index (χ0) is 43.9. The molecule has 10 aromatic carbocycles. The van der Waals surface area contributed by atoms with Crippen LogP contribution in [0.5, 0.6) is 0 Å². The molecule has 0 aliphatic heterocycles. The molecule has 12 aromatic rings. The molecule has 0 bridgehead atoms. The number of hydrogen-bond donors (Lipinski definition) is 0. The van der Waals surface area contributed by atoms with Gasteiger partial charge in [0.05, 0.1) is 5.69 Å². The Kier molecular flexibility index (Phi) is 8.53. The highest BCUT2D eigenvalue weighted by molar-refractivity contribution is 6.20. The van der Waals surface area contributed by atoms with E-state index >= 15 is 0 Å². The second-order valence-electron chi connectivity index (χ2n) is 17.9. The van der Waals surface area contributed by atoms with E-state index in [4.69, 9.17) is 13.8 Å². The minimum Gasteiger partial charge on any atom is -0.454 e. The van der Waals surface area contributed by atoms with Crippen molar-refractivity contribution in [1.82, 2.24) is 4.98 Å². The molecule has 0 fully saturated rings. The van der Waals surface area contributed by atoms with Crippen molar-refractivity contribution in [3.05, 3.63) is 230 Å². The molecule has 66 heavy (non-hydrogen) atoms. The Morgan fingerprint density at radius 2 is 0.970 bits per heavy atom. The number of aromatic nitrogens is 1. The van der Waals surface area contributed by atoms with Gasteiger partial charge in [-0.05, 0) is 128 Å². The van der Waals surface area contributed by atoms with Crippen LogP contribution in [0.1, 0.15) is 25.0 Å². The van der Waals surface area contributed by atoms with Gasteiger partial charge in [0.15, 0.2) is 11.2 Å². The van der Waals surface area contributed by atoms with E-state index < -0.39 is 0 Å². The molecular formula is C62H42N2O2. The summed E-state index contributed by atoms with van der Waals surface area (Å²) in [5, 5.41) is 4.36. The van der Waals surface area contributed by atoms with E-state index in [2.05, 4.69) is 201 Å². The first-order chi connectivity index (χ1) is 32.4. The standard InChI is InChI=1S/C62H42N2O2/c1-62(2)54-20-12-11-19-50(54)51-32-31-48(38-55(51)62)64(47-29-25-42(26-30-47)41-23-21-40(22-24-41)39-13-5-3-6-14-39)59-49-18-10-9-17-46(49)36-53-52-35-44(27-33-57(52)65-60(53)59)45-28-34-58-56(37-45)63-61(66-58)43-15-7-4-8-16-43/h3-38H,1-2H3. The van der Waals surface area contributed by atoms with Crippen LogP contribution in [0.4, 0.5) is 17.1 Å². The molecule has 1 aliphatic rings. The Morgan fingerprint density at radius 3 is 1.73 bits per heavy atom. The van der Waals surface area contributed by atoms with Crippen molar-refractivity contribution in [3.8, 4) is 56.0 Å². The third kappa shape index (κ3) is 6.10. The lowest BCUT2D eigenvalue weighted by Gasteiger charge is -2.29. The Balaban J connectivity index is 0.978. The summed E-state index contributed by atoms with van der Waals surface area (Å²) in [6.45, 7) is 4.69. The molecule has 0 unspecified atom stereocenters. The van der Waals surface area contributed by atoms with E-state index in [-0.39, 0.29) is 5.41 Å². The van der Waals surface area contributed by atoms with E-state index in [1.807, 2.05) is 36.4 Å². The number of furan rings is 1. The minimum atomic E-state index is -0.175. The smallest absolute Gasteiger partial charge is 0.227 e. The molecule has 4 heteroatoms. The number of benzene rings is 10. The maximum atomic E-state index is 7.09. The molecule has 1 aliphatic carbocycles. The molecule has 0 radical (unpaired) electrons. The maximum Gasteiger partial charge on any atom is 0.227 e. The van der Waals surface area contributed by atoms with Crippen molar-refractivity contribution in [2.45, 2.75) is 19.3 Å². The summed E-state index contributed by atoms with van der Waals surface area (Å²) in [4.78, 5) is 7.30. The largest absolute Gasteiger partial charge is 0.454 e. The topological polar surface area (TPSA) is 42.4 Å². The van der Waals surface area contributed by atoms with Gasteiger partial charge in [-0.1, -0.05) is 166 Å². The predicted octanol–water partition coefficient (Wildman–Crippen LogP) is 17.3. The zero-order valence-corrected chi connectivity index (χ0v) is 36.5. The van der Waals surface area contributed by atoms with Crippen LogP contribution < -0.4 is 4.90 Å². The van der Waals surface area contributed by atoms with Gasteiger partial charge in [0, 0.05) is 38.5 Å². The summed E-state index contributed by atoms with van der Waals surface area (Å²) in [6, 6.07) is 78.1. The highest BCUT2D eigenvalue weighted by Crippen LogP contribution is 2.52. The molecular weight excluding hydrogens is 805 g/mol. The van der Waals surface area contributed by atoms with Crippen LogP contribution in [-0.2, 0) is 5.41 Å². The molecule has 0 amide bonds. The number of fused-ring (bicyclic) bond motifs is 8. The fourth-order valence-corrected chi connectivity index (χ4v) is 10.3. The summed E-state index contributed by atoms with van der Waals surface area (Å²) in [5.41, 5.74) is 19.3. The lowest BCUT2D eigenvalue weighted by molar-refractivity contribution is 0.620. The van der Waals surface area contributed by atoms with Gasteiger partial charge < -0.3 is 13.7 Å². The van der Waals surface area contributed by atoms with Crippen molar-refractivity contribution in [3.63, 3.8) is 0 Å². The monoisotopic (exact) mass is 846 g/mol. The summed E-state index contributed by atoms with van der Waals surface area (Å²) >= 11 is 0. The van der Waals surface area contributed by atoms with Gasteiger partial charge in [0.1, 0.15) is 11.1 Å². The van der Waals surface area contributed by atoms with Crippen LogP contribution in [0.25, 0.3) is 99.8 Å². The van der Waals surface area contributed by atoms with E-state index in [1.165, 1.54) is 38.9 Å². The Morgan fingerprint density at radius 1 is 0.394 bits per heavy atom. The molecule has 0 saturated carbocycles. The Hall–Kier alpha value is -8.47. The van der Waals surface area contributed by atoms with Gasteiger partial charge in [0.25, 0.3) is 0 Å². The number of hydrogen-bond acceptors (Lipinski definition) is 4. The molecule has 0 spiro atoms. The highest BCUT2D eigenvalue weighted by Gasteiger charge is 2.36. The first-order valence-corrected chi connectivity index (χ1v) is 22.6. The van der Waals surface area contributed by atoms with Crippen LogP contribution in [0, 0.1) is 0 Å². The van der Waals surface area contributed by atoms with Crippen LogP contribution in [-0.4, -0.2) is 4.98 Å². The molecule has 0 saturated heterocycles. The highest BCUT2D eigenvalue weighted by atomic mass is 16.3. The second kappa shape index (κ2) is 14.8. The van der Waals surface area contributed by atoms with Crippen molar-refractivity contribution in [2.75, 3.05) is 4.90 Å². The van der Waals surface area contributed by atoms with E-state index in [1.54, 1.807) is 0 Å². The summed E-state index contributed by atoms with van der Waals surface area (Å²) in [6.07, 6.45) is 0. The number of anilines is 3. The van der Waals surface area contributed by atoms with E-state index in [0.29, 0.717) is 5.89 Å². The third-order valence-corrected chi connectivity index (χ3v) is 13.7. The predicted molar refractivity (Wildman–Crippen MR) is 273 cm³/mol. The van der Waals surface area contributed by atoms with Crippen molar-refractivity contribution >= 4 is 60.9 Å². The van der Waals surface area contributed by atoms with Gasteiger partial charge >= 0.3 is 0 Å². The lowest BCUT2D eigenvalue weighted by atomic mass is 9.82. The molecule has 0 atom stereocenters. The van der Waals surface area contributed by atoms with Crippen LogP contribution >= 0.6 is 0 Å². The SMILES string of the molecule is CC1(C)c2ccccc2-c2ccc(N(c3ccc(-c4ccc(-c5ccccc5)cc4)cc3)c3c4ccccc4cc4c3oc3ccc(-c5ccc6oc(-c7ccccc7)nc6c5)cc34)cc21. The Bertz CT molecular complexity index is 3830. The first kappa shape index (κ1) is 38.0. The second-order valence-corrected chi connectivity index (χ2v) is 17.9. The first-order valence-electron chi connectivity index (χ1n) is 22.6. The van der Waals surface area contributed by atoms with Crippen molar-refractivity contribution in [2.24, 2.45) is 0 Å². The summed E-state index contributed by atoms with van der Waals surface area (Å²) in [5.74, 6) is 0.617. The van der Waals surface area contributed by atoms with Gasteiger partial charge in [-0.3, -0.25) is 0 Å². The van der Waals surface area contributed by atoms with Crippen LogP contribution in [0.3, 0.4) is 0 Å². The van der Waals surface area contributed by atoms with Gasteiger partial charge in [-0.25, -0.2) is 4.98 Å². The van der Waals surface area contributed by atoms with E-state index in [0.717, 1.165) is 83.1 Å². The van der Waals surface area contributed by atoms with Gasteiger partial charge in [-0.2, -0.15) is 0 Å². The summed E-state index contributed by atoms with van der Waals surface area (Å²) in [7, 11) is 0. The molecule has 4 nitrogen and oxygen atoms in total. The lowest BCUT2D eigenvalue weighted by Crippen LogP contribution is -2.16. The molecule has 13 rings (SSSR count). The van der Waals surface area contributed by atoms with Crippen LogP contribution in [0.15, 0.2) is 227 Å². The maximum absolute atomic E-state index is 7.09.